The maximum absolute atomic E-state index is 8.84. The second kappa shape index (κ2) is 4.30. The first kappa shape index (κ1) is 9.29. The van der Waals surface area contributed by atoms with Gasteiger partial charge >= 0.3 is 0 Å². The fourth-order valence-electron chi connectivity index (χ4n) is 1.95. The Balaban J connectivity index is 1.90. The zero-order valence-electron chi connectivity index (χ0n) is 8.15. The molecule has 1 fully saturated rings. The van der Waals surface area contributed by atoms with Crippen LogP contribution in [0, 0.1) is 17.2 Å². The molecule has 3 heteroatoms. The second-order valence-corrected chi connectivity index (χ2v) is 3.83. The second-order valence-electron chi connectivity index (χ2n) is 3.83. The molecule has 0 radical (unpaired) electrons. The normalized spacial score (nSPS) is 23.2. The lowest BCUT2D eigenvalue weighted by Crippen LogP contribution is -2.34. The highest BCUT2D eigenvalue weighted by atomic mass is 16.3. The Hall–Kier alpha value is -1.27. The van der Waals surface area contributed by atoms with Gasteiger partial charge in [-0.2, -0.15) is 5.26 Å². The van der Waals surface area contributed by atoms with Crippen molar-refractivity contribution in [2.45, 2.75) is 19.4 Å². The van der Waals surface area contributed by atoms with Gasteiger partial charge in [0, 0.05) is 18.7 Å². The lowest BCUT2D eigenvalue weighted by Gasteiger charge is -2.28. The quantitative estimate of drug-likeness (QED) is 0.716. The smallest absolute Gasteiger partial charge is 0.0947 e. The summed E-state index contributed by atoms with van der Waals surface area (Å²) in [6, 6.07) is 4.33. The number of piperidine rings is 1. The number of nitrogens with zero attached hydrogens (tertiary/aromatic N) is 2. The monoisotopic (exact) mass is 190 g/mol. The van der Waals surface area contributed by atoms with Gasteiger partial charge in [0.25, 0.3) is 0 Å². The van der Waals surface area contributed by atoms with E-state index in [1.54, 1.807) is 12.5 Å². The van der Waals surface area contributed by atoms with Gasteiger partial charge in [0.1, 0.15) is 0 Å². The van der Waals surface area contributed by atoms with Gasteiger partial charge in [0.15, 0.2) is 0 Å². The summed E-state index contributed by atoms with van der Waals surface area (Å²) in [6.07, 6.45) is 5.66. The van der Waals surface area contributed by atoms with Crippen LogP contribution in [0.1, 0.15) is 18.4 Å². The molecule has 1 aromatic heterocycles. The van der Waals surface area contributed by atoms with E-state index >= 15 is 0 Å². The first-order chi connectivity index (χ1) is 6.88. The molecule has 0 saturated carbocycles. The first-order valence-corrected chi connectivity index (χ1v) is 5.01. The van der Waals surface area contributed by atoms with Gasteiger partial charge in [0.05, 0.1) is 24.5 Å². The highest BCUT2D eigenvalue weighted by molar-refractivity contribution is 5.05. The van der Waals surface area contributed by atoms with Crippen LogP contribution in [0.3, 0.4) is 0 Å². The van der Waals surface area contributed by atoms with Crippen LogP contribution in [0.25, 0.3) is 0 Å². The van der Waals surface area contributed by atoms with Crippen LogP contribution in [-0.4, -0.2) is 18.0 Å². The molecule has 1 atom stereocenters. The van der Waals surface area contributed by atoms with Gasteiger partial charge in [-0.15, -0.1) is 0 Å². The van der Waals surface area contributed by atoms with Gasteiger partial charge < -0.3 is 4.42 Å². The molecule has 1 aliphatic rings. The summed E-state index contributed by atoms with van der Waals surface area (Å²) < 4.78 is 5.02. The summed E-state index contributed by atoms with van der Waals surface area (Å²) in [6.45, 7) is 2.92. The van der Waals surface area contributed by atoms with Gasteiger partial charge in [0.2, 0.25) is 0 Å². The summed E-state index contributed by atoms with van der Waals surface area (Å²) in [5.74, 6) is 0.218. The largest absolute Gasteiger partial charge is 0.472 e. The fraction of sp³-hybridized carbons (Fsp3) is 0.545. The summed E-state index contributed by atoms with van der Waals surface area (Å²) in [5.41, 5.74) is 1.20. The van der Waals surface area contributed by atoms with E-state index in [0.29, 0.717) is 0 Å². The van der Waals surface area contributed by atoms with E-state index in [4.69, 9.17) is 9.68 Å². The number of hydrogen-bond acceptors (Lipinski definition) is 3. The van der Waals surface area contributed by atoms with E-state index in [9.17, 15) is 0 Å². The Morgan fingerprint density at radius 1 is 1.64 bits per heavy atom. The Morgan fingerprint density at radius 3 is 3.29 bits per heavy atom. The number of furan rings is 1. The van der Waals surface area contributed by atoms with Gasteiger partial charge in [-0.3, -0.25) is 4.90 Å². The minimum Gasteiger partial charge on any atom is -0.472 e. The standard InChI is InChI=1S/C11H14N2O/c12-6-10-2-1-4-13(7-10)8-11-3-5-14-9-11/h3,5,9-10H,1-2,4,7-8H2. The molecule has 0 aliphatic carbocycles. The summed E-state index contributed by atoms with van der Waals surface area (Å²) >= 11 is 0. The maximum atomic E-state index is 8.84. The van der Waals surface area contributed by atoms with Crippen LogP contribution < -0.4 is 0 Å². The molecule has 2 rings (SSSR count). The molecule has 1 unspecified atom stereocenters. The molecule has 0 aromatic carbocycles. The molecule has 1 aromatic rings. The molecule has 0 spiro atoms. The molecule has 74 valence electrons. The van der Waals surface area contributed by atoms with Crippen molar-refractivity contribution in [2.24, 2.45) is 5.92 Å². The van der Waals surface area contributed by atoms with Crippen molar-refractivity contribution in [3.05, 3.63) is 24.2 Å². The van der Waals surface area contributed by atoms with Crippen LogP contribution in [-0.2, 0) is 6.54 Å². The molecule has 2 heterocycles. The molecule has 0 bridgehead atoms. The predicted octanol–water partition coefficient (Wildman–Crippen LogP) is 2.02. The number of rotatable bonds is 2. The zero-order chi connectivity index (χ0) is 9.80. The van der Waals surface area contributed by atoms with Gasteiger partial charge in [-0.05, 0) is 25.5 Å². The van der Waals surface area contributed by atoms with E-state index in [1.807, 2.05) is 6.07 Å². The summed E-state index contributed by atoms with van der Waals surface area (Å²) in [4.78, 5) is 2.32. The number of hydrogen-bond donors (Lipinski definition) is 0. The van der Waals surface area contributed by atoms with E-state index in [0.717, 1.165) is 32.5 Å². The lowest BCUT2D eigenvalue weighted by atomic mass is 9.99. The lowest BCUT2D eigenvalue weighted by molar-refractivity contribution is 0.192. The Labute approximate surface area is 83.9 Å². The molecule has 1 aliphatic heterocycles. The van der Waals surface area contributed by atoms with Crippen molar-refractivity contribution in [1.82, 2.24) is 4.90 Å². The average molecular weight is 190 g/mol. The van der Waals surface area contributed by atoms with Gasteiger partial charge in [-0.1, -0.05) is 0 Å². The molecule has 1 saturated heterocycles. The third-order valence-corrected chi connectivity index (χ3v) is 2.67. The van der Waals surface area contributed by atoms with Crippen LogP contribution >= 0.6 is 0 Å². The molecule has 3 nitrogen and oxygen atoms in total. The number of nitriles is 1. The van der Waals surface area contributed by atoms with Crippen molar-refractivity contribution in [3.63, 3.8) is 0 Å². The summed E-state index contributed by atoms with van der Waals surface area (Å²) in [5, 5.41) is 8.84. The van der Waals surface area contributed by atoms with Crippen molar-refractivity contribution in [3.8, 4) is 6.07 Å². The topological polar surface area (TPSA) is 40.2 Å². The molecular weight excluding hydrogens is 176 g/mol. The van der Waals surface area contributed by atoms with Crippen molar-refractivity contribution < 1.29 is 4.42 Å². The summed E-state index contributed by atoms with van der Waals surface area (Å²) in [7, 11) is 0. The van der Waals surface area contributed by atoms with Crippen LogP contribution in [0.15, 0.2) is 23.0 Å². The van der Waals surface area contributed by atoms with Gasteiger partial charge in [-0.25, -0.2) is 0 Å². The highest BCUT2D eigenvalue weighted by Crippen LogP contribution is 2.17. The Bertz CT molecular complexity index is 313. The van der Waals surface area contributed by atoms with Crippen molar-refractivity contribution >= 4 is 0 Å². The minimum atomic E-state index is 0.218. The SMILES string of the molecule is N#CC1CCCN(Cc2ccoc2)C1. The van der Waals surface area contributed by atoms with E-state index in [1.165, 1.54) is 5.56 Å². The fourth-order valence-corrected chi connectivity index (χ4v) is 1.95. The Morgan fingerprint density at radius 2 is 2.57 bits per heavy atom. The molecular formula is C11H14N2O. The van der Waals surface area contributed by atoms with E-state index in [-0.39, 0.29) is 5.92 Å². The molecule has 0 N–H and O–H groups in total. The molecule has 0 amide bonds. The third-order valence-electron chi connectivity index (χ3n) is 2.67. The average Bonchev–Trinajstić information content (AvgIpc) is 2.71. The van der Waals surface area contributed by atoms with E-state index in [2.05, 4.69) is 11.0 Å². The van der Waals surface area contributed by atoms with Crippen LogP contribution in [0.5, 0.6) is 0 Å². The first-order valence-electron chi connectivity index (χ1n) is 5.01. The minimum absolute atomic E-state index is 0.218. The maximum Gasteiger partial charge on any atom is 0.0947 e. The number of likely N-dealkylation sites (tertiary alicyclic amines) is 1. The van der Waals surface area contributed by atoms with Crippen molar-refractivity contribution in [1.29, 1.82) is 5.26 Å². The predicted molar refractivity (Wildman–Crippen MR) is 52.3 cm³/mol. The van der Waals surface area contributed by atoms with Crippen LogP contribution in [0.2, 0.25) is 0 Å². The van der Waals surface area contributed by atoms with Crippen molar-refractivity contribution in [2.75, 3.05) is 13.1 Å². The Kier molecular flexibility index (Phi) is 2.85. The zero-order valence-corrected chi connectivity index (χ0v) is 8.15. The highest BCUT2D eigenvalue weighted by Gasteiger charge is 2.19. The third kappa shape index (κ3) is 2.15. The molecule has 14 heavy (non-hydrogen) atoms. The van der Waals surface area contributed by atoms with E-state index < -0.39 is 0 Å². The van der Waals surface area contributed by atoms with Crippen LogP contribution in [0.4, 0.5) is 0 Å².